The predicted molar refractivity (Wildman–Crippen MR) is 99.2 cm³/mol. The van der Waals surface area contributed by atoms with E-state index in [0.717, 1.165) is 42.2 Å². The molecule has 0 aliphatic carbocycles. The zero-order valence-corrected chi connectivity index (χ0v) is 16.1. The van der Waals surface area contributed by atoms with Gasteiger partial charge in [0.1, 0.15) is 23.0 Å². The Morgan fingerprint density at radius 1 is 1.03 bits per heavy atom. The summed E-state index contributed by atoms with van der Waals surface area (Å²) in [4.78, 5) is 18.6. The molecule has 0 aliphatic heterocycles. The summed E-state index contributed by atoms with van der Waals surface area (Å²) in [7, 11) is 0. The molecule has 0 amide bonds. The van der Waals surface area contributed by atoms with Crippen molar-refractivity contribution in [2.75, 3.05) is 0 Å². The average Bonchev–Trinajstić information content (AvgIpc) is 2.68. The molecule has 3 rings (SSSR count). The maximum absolute atomic E-state index is 14.5. The number of thioether (sulfide) groups is 1. The van der Waals surface area contributed by atoms with Crippen LogP contribution >= 0.6 is 11.8 Å². The highest BCUT2D eigenvalue weighted by atomic mass is 32.2. The number of aryl methyl sites for hydroxylation is 1. The van der Waals surface area contributed by atoms with Crippen molar-refractivity contribution >= 4 is 17.7 Å². The molecular formula is C20H13F5N2O2S. The number of hydrogen-bond donors (Lipinski definition) is 1. The summed E-state index contributed by atoms with van der Waals surface area (Å²) in [5.41, 5.74) is -0.536. The molecule has 1 aromatic carbocycles. The van der Waals surface area contributed by atoms with E-state index in [4.69, 9.17) is 5.11 Å². The molecule has 0 spiro atoms. The van der Waals surface area contributed by atoms with E-state index in [2.05, 4.69) is 9.97 Å². The summed E-state index contributed by atoms with van der Waals surface area (Å²) in [5, 5.41) is 8.18. The number of alkyl halides is 3. The number of pyridine rings is 2. The monoisotopic (exact) mass is 440 g/mol. The van der Waals surface area contributed by atoms with E-state index in [0.29, 0.717) is 11.1 Å². The predicted octanol–water partition coefficient (Wildman–Crippen LogP) is 5.66. The van der Waals surface area contributed by atoms with Crippen LogP contribution in [0.15, 0.2) is 53.7 Å². The van der Waals surface area contributed by atoms with E-state index in [-0.39, 0.29) is 16.2 Å². The first-order valence-corrected chi connectivity index (χ1v) is 9.29. The fourth-order valence-corrected chi connectivity index (χ4v) is 3.94. The Morgan fingerprint density at radius 3 is 2.33 bits per heavy atom. The second kappa shape index (κ2) is 8.39. The Morgan fingerprint density at radius 2 is 1.77 bits per heavy atom. The van der Waals surface area contributed by atoms with Gasteiger partial charge in [0.15, 0.2) is 0 Å². The number of aromatic carboxylic acids is 1. The lowest BCUT2D eigenvalue weighted by molar-refractivity contribution is -0.141. The quantitative estimate of drug-likeness (QED) is 0.410. The first-order chi connectivity index (χ1) is 14.1. The van der Waals surface area contributed by atoms with Gasteiger partial charge in [-0.1, -0.05) is 0 Å². The summed E-state index contributed by atoms with van der Waals surface area (Å²) in [6, 6.07) is 6.12. The molecule has 1 atom stereocenters. The Kier molecular flexibility index (Phi) is 6.06. The van der Waals surface area contributed by atoms with Crippen LogP contribution in [0, 0.1) is 18.6 Å². The van der Waals surface area contributed by atoms with Gasteiger partial charge in [-0.3, -0.25) is 4.98 Å². The molecule has 3 aromatic rings. The van der Waals surface area contributed by atoms with Gasteiger partial charge in [0.05, 0.1) is 5.25 Å². The summed E-state index contributed by atoms with van der Waals surface area (Å²) >= 11 is 0.942. The lowest BCUT2D eigenvalue weighted by atomic mass is 10.0. The van der Waals surface area contributed by atoms with Crippen molar-refractivity contribution in [3.63, 3.8) is 0 Å². The Hall–Kier alpha value is -3.01. The first kappa shape index (κ1) is 21.7. The number of halogens is 5. The highest BCUT2D eigenvalue weighted by Crippen LogP contribution is 2.43. The molecule has 2 aromatic heterocycles. The second-order valence-corrected chi connectivity index (χ2v) is 7.45. The van der Waals surface area contributed by atoms with Crippen molar-refractivity contribution in [2.24, 2.45) is 0 Å². The molecule has 1 unspecified atom stereocenters. The second-order valence-electron chi connectivity index (χ2n) is 6.27. The van der Waals surface area contributed by atoms with Crippen molar-refractivity contribution in [3.05, 3.63) is 88.5 Å². The first-order valence-electron chi connectivity index (χ1n) is 8.41. The van der Waals surface area contributed by atoms with Gasteiger partial charge >= 0.3 is 12.1 Å². The van der Waals surface area contributed by atoms with Crippen molar-refractivity contribution < 1.29 is 31.9 Å². The van der Waals surface area contributed by atoms with Gasteiger partial charge in [-0.25, -0.2) is 18.6 Å². The van der Waals surface area contributed by atoms with Crippen LogP contribution in [0.5, 0.6) is 0 Å². The molecule has 0 saturated carbocycles. The van der Waals surface area contributed by atoms with E-state index in [1.165, 1.54) is 18.3 Å². The van der Waals surface area contributed by atoms with E-state index in [9.17, 15) is 26.7 Å². The van der Waals surface area contributed by atoms with Crippen LogP contribution in [0.4, 0.5) is 22.0 Å². The number of carbonyl (C=O) groups is 1. The highest BCUT2D eigenvalue weighted by Gasteiger charge is 2.32. The number of benzene rings is 1. The number of hydrogen-bond acceptors (Lipinski definition) is 4. The molecule has 10 heteroatoms. The molecule has 0 aliphatic rings. The molecule has 1 N–H and O–H groups in total. The largest absolute Gasteiger partial charge is 0.477 e. The molecule has 156 valence electrons. The van der Waals surface area contributed by atoms with Gasteiger partial charge in [0.25, 0.3) is 0 Å². The third kappa shape index (κ3) is 4.76. The number of nitrogens with zero attached hydrogens (tertiary/aromatic N) is 2. The van der Waals surface area contributed by atoms with Crippen molar-refractivity contribution in [1.82, 2.24) is 9.97 Å². The van der Waals surface area contributed by atoms with Gasteiger partial charge in [-0.05, 0) is 54.4 Å². The zero-order valence-electron chi connectivity index (χ0n) is 15.2. The van der Waals surface area contributed by atoms with Gasteiger partial charge < -0.3 is 5.11 Å². The topological polar surface area (TPSA) is 63.1 Å². The van der Waals surface area contributed by atoms with Crippen molar-refractivity contribution in [3.8, 4) is 0 Å². The van der Waals surface area contributed by atoms with Crippen LogP contribution < -0.4 is 0 Å². The minimum Gasteiger partial charge on any atom is -0.477 e. The molecule has 0 fully saturated rings. The van der Waals surface area contributed by atoms with Gasteiger partial charge in [-0.2, -0.15) is 13.2 Å². The molecule has 0 bridgehead atoms. The SMILES string of the molecule is Cc1cc(C(=O)O)ncc1C(Sc1ccc(C(F)(F)F)nc1)c1cc(F)ccc1F. The molecule has 0 radical (unpaired) electrons. The lowest BCUT2D eigenvalue weighted by Gasteiger charge is -2.20. The normalized spacial score (nSPS) is 12.6. The van der Waals surface area contributed by atoms with E-state index in [1.54, 1.807) is 6.92 Å². The average molecular weight is 440 g/mol. The minimum atomic E-state index is -4.61. The summed E-state index contributed by atoms with van der Waals surface area (Å²) in [6.07, 6.45) is -2.38. The third-order valence-corrected chi connectivity index (χ3v) is 5.43. The minimum absolute atomic E-state index is 0.0622. The highest BCUT2D eigenvalue weighted by molar-refractivity contribution is 7.99. The maximum atomic E-state index is 14.5. The van der Waals surface area contributed by atoms with Crippen molar-refractivity contribution in [2.45, 2.75) is 23.2 Å². The standard InChI is InChI=1S/C20H13F5N2O2S/c1-10-6-16(19(28)29)26-9-14(10)18(13-7-11(21)2-4-15(13)22)30-12-3-5-17(27-8-12)20(23,24)25/h2-9,18H,1H3,(H,28,29). The third-order valence-electron chi connectivity index (χ3n) is 4.17. The Bertz CT molecular complexity index is 1090. The van der Waals surface area contributed by atoms with Crippen LogP contribution in [0.3, 0.4) is 0 Å². The number of carboxylic acid groups (broad SMARTS) is 1. The summed E-state index contributed by atoms with van der Waals surface area (Å²) in [5.74, 6) is -2.68. The Balaban J connectivity index is 2.07. The van der Waals surface area contributed by atoms with Gasteiger partial charge in [0, 0.05) is 22.9 Å². The van der Waals surface area contributed by atoms with E-state index < -0.39 is 34.7 Å². The lowest BCUT2D eigenvalue weighted by Crippen LogP contribution is -2.08. The molecule has 4 nitrogen and oxygen atoms in total. The summed E-state index contributed by atoms with van der Waals surface area (Å²) < 4.78 is 66.6. The van der Waals surface area contributed by atoms with Crippen LogP contribution in [0.25, 0.3) is 0 Å². The fourth-order valence-electron chi connectivity index (χ4n) is 2.72. The molecule has 30 heavy (non-hydrogen) atoms. The van der Waals surface area contributed by atoms with E-state index in [1.807, 2.05) is 0 Å². The fraction of sp³-hybridized carbons (Fsp3) is 0.150. The van der Waals surface area contributed by atoms with Crippen LogP contribution in [-0.4, -0.2) is 21.0 Å². The summed E-state index contributed by atoms with van der Waals surface area (Å²) in [6.45, 7) is 1.58. The van der Waals surface area contributed by atoms with Crippen molar-refractivity contribution in [1.29, 1.82) is 0 Å². The number of aromatic nitrogens is 2. The maximum Gasteiger partial charge on any atom is 0.433 e. The van der Waals surface area contributed by atoms with E-state index >= 15 is 0 Å². The Labute approximate surface area is 171 Å². The van der Waals surface area contributed by atoms with Gasteiger partial charge in [0.2, 0.25) is 0 Å². The number of rotatable bonds is 5. The van der Waals surface area contributed by atoms with Gasteiger partial charge in [-0.15, -0.1) is 11.8 Å². The molecular weight excluding hydrogens is 427 g/mol. The zero-order chi connectivity index (χ0) is 22.1. The van der Waals surface area contributed by atoms with Crippen LogP contribution in [0.1, 0.15) is 38.1 Å². The van der Waals surface area contributed by atoms with Crippen LogP contribution in [0.2, 0.25) is 0 Å². The molecule has 2 heterocycles. The van der Waals surface area contributed by atoms with Crippen LogP contribution in [-0.2, 0) is 6.18 Å². The number of carboxylic acids is 1. The smallest absolute Gasteiger partial charge is 0.433 e. The molecule has 0 saturated heterocycles.